The Morgan fingerprint density at radius 1 is 1.00 bits per heavy atom. The van der Waals surface area contributed by atoms with E-state index < -0.39 is 0 Å². The van der Waals surface area contributed by atoms with Crippen molar-refractivity contribution in [3.8, 4) is 16.9 Å². The van der Waals surface area contributed by atoms with Crippen LogP contribution in [0.1, 0.15) is 29.8 Å². The second kappa shape index (κ2) is 9.79. The highest BCUT2D eigenvalue weighted by atomic mass is 16.5. The maximum absolute atomic E-state index is 13.4. The Bertz CT molecular complexity index is 1320. The third-order valence-electron chi connectivity index (χ3n) is 5.89. The van der Waals surface area contributed by atoms with Gasteiger partial charge >= 0.3 is 0 Å². The van der Waals surface area contributed by atoms with Crippen LogP contribution in [0.5, 0.6) is 5.75 Å². The van der Waals surface area contributed by atoms with E-state index in [1.165, 1.54) is 0 Å². The summed E-state index contributed by atoms with van der Waals surface area (Å²) < 4.78 is 5.99. The molecule has 1 aromatic heterocycles. The van der Waals surface area contributed by atoms with Crippen LogP contribution in [0.2, 0.25) is 0 Å². The second-order valence-electron chi connectivity index (χ2n) is 8.31. The molecule has 0 spiro atoms. The van der Waals surface area contributed by atoms with Crippen molar-refractivity contribution in [2.75, 3.05) is 18.1 Å². The van der Waals surface area contributed by atoms with Crippen molar-refractivity contribution >= 4 is 28.6 Å². The molecular formula is C27H29N5O2. The number of benzene rings is 3. The summed E-state index contributed by atoms with van der Waals surface area (Å²) in [4.78, 5) is 22.0. The Labute approximate surface area is 199 Å². The minimum Gasteiger partial charge on any atom is -0.489 e. The topological polar surface area (TPSA) is 102 Å². The molecule has 3 aromatic carbocycles. The van der Waals surface area contributed by atoms with Gasteiger partial charge in [-0.1, -0.05) is 36.4 Å². The molecule has 0 saturated heterocycles. The fourth-order valence-corrected chi connectivity index (χ4v) is 3.95. The van der Waals surface area contributed by atoms with Gasteiger partial charge in [0, 0.05) is 18.0 Å². The number of carbonyl (C=O) groups is 1. The van der Waals surface area contributed by atoms with E-state index >= 15 is 0 Å². The largest absolute Gasteiger partial charge is 0.489 e. The van der Waals surface area contributed by atoms with Crippen molar-refractivity contribution in [2.24, 2.45) is 0 Å². The van der Waals surface area contributed by atoms with Gasteiger partial charge in [-0.25, -0.2) is 4.98 Å². The Balaban J connectivity index is 1.63. The molecule has 34 heavy (non-hydrogen) atoms. The van der Waals surface area contributed by atoms with Crippen molar-refractivity contribution in [3.63, 3.8) is 0 Å². The van der Waals surface area contributed by atoms with Gasteiger partial charge in [-0.05, 0) is 67.8 Å². The maximum atomic E-state index is 13.4. The summed E-state index contributed by atoms with van der Waals surface area (Å²) in [5.41, 5.74) is 9.93. The van der Waals surface area contributed by atoms with Gasteiger partial charge in [0.05, 0.1) is 11.6 Å². The summed E-state index contributed by atoms with van der Waals surface area (Å²) in [7, 11) is 1.79. The number of aromatic nitrogens is 2. The molecule has 0 radical (unpaired) electrons. The molecule has 0 aliphatic heterocycles. The number of amides is 1. The standard InChI is InChI=1S/C27H29N5O2/c1-16-9-8-12-22(26(33)30-17(2)18(3)34-20-10-6-5-7-11-20)24(16)19-13-14-21-23(15-19)31-27(28)32-25(21)29-4/h5-15,17-18H,1-4H3,(H,30,33)(H3,28,29,31,32). The highest BCUT2D eigenvalue weighted by molar-refractivity contribution is 6.03. The molecule has 0 aliphatic carbocycles. The third-order valence-corrected chi connectivity index (χ3v) is 5.89. The number of carbonyl (C=O) groups excluding carboxylic acids is 1. The third kappa shape index (κ3) is 4.78. The van der Waals surface area contributed by atoms with Crippen LogP contribution in [0.15, 0.2) is 66.7 Å². The van der Waals surface area contributed by atoms with Crippen LogP contribution in [0, 0.1) is 6.92 Å². The van der Waals surface area contributed by atoms with Crippen molar-refractivity contribution in [2.45, 2.75) is 32.9 Å². The zero-order valence-corrected chi connectivity index (χ0v) is 19.8. The van der Waals surface area contributed by atoms with E-state index in [0.29, 0.717) is 16.9 Å². The lowest BCUT2D eigenvalue weighted by atomic mass is 9.93. The van der Waals surface area contributed by atoms with Crippen molar-refractivity contribution in [1.29, 1.82) is 0 Å². The van der Waals surface area contributed by atoms with Crippen LogP contribution in [-0.4, -0.2) is 35.1 Å². The SMILES string of the molecule is CNc1nc(N)nc2cc(-c3c(C)cccc3C(=O)NC(C)C(C)Oc3ccccc3)ccc12. The van der Waals surface area contributed by atoms with Crippen molar-refractivity contribution < 1.29 is 9.53 Å². The first kappa shape index (κ1) is 23.0. The Kier molecular flexibility index (Phi) is 6.63. The predicted molar refractivity (Wildman–Crippen MR) is 137 cm³/mol. The number of nitrogens with one attached hydrogen (secondary N) is 2. The average molecular weight is 456 g/mol. The second-order valence-corrected chi connectivity index (χ2v) is 8.31. The molecule has 174 valence electrons. The molecule has 4 N–H and O–H groups in total. The van der Waals surface area contributed by atoms with E-state index in [0.717, 1.165) is 27.8 Å². The number of nitrogens with two attached hydrogens (primary N) is 1. The lowest BCUT2D eigenvalue weighted by Gasteiger charge is -2.23. The van der Waals surface area contributed by atoms with Gasteiger partial charge < -0.3 is 21.1 Å². The van der Waals surface area contributed by atoms with E-state index in [1.54, 1.807) is 7.05 Å². The van der Waals surface area contributed by atoms with E-state index in [9.17, 15) is 4.79 Å². The number of para-hydroxylation sites is 1. The quantitative estimate of drug-likeness (QED) is 0.369. The summed E-state index contributed by atoms with van der Waals surface area (Å²) in [5.74, 6) is 1.47. The molecule has 0 fully saturated rings. The van der Waals surface area contributed by atoms with Gasteiger partial charge in [-0.2, -0.15) is 4.98 Å². The van der Waals surface area contributed by atoms with Crippen LogP contribution in [0.3, 0.4) is 0 Å². The van der Waals surface area contributed by atoms with Crippen molar-refractivity contribution in [1.82, 2.24) is 15.3 Å². The lowest BCUT2D eigenvalue weighted by molar-refractivity contribution is 0.0894. The summed E-state index contributed by atoms with van der Waals surface area (Å²) in [6, 6.07) is 21.0. The minimum absolute atomic E-state index is 0.159. The number of hydrogen-bond donors (Lipinski definition) is 3. The summed E-state index contributed by atoms with van der Waals surface area (Å²) in [5, 5.41) is 7.01. The van der Waals surface area contributed by atoms with Gasteiger partial charge in [0.15, 0.2) is 0 Å². The van der Waals surface area contributed by atoms with Crippen LogP contribution < -0.4 is 21.1 Å². The van der Waals surface area contributed by atoms with Gasteiger partial charge in [0.2, 0.25) is 5.95 Å². The molecule has 7 heteroatoms. The molecule has 7 nitrogen and oxygen atoms in total. The Morgan fingerprint density at radius 3 is 2.50 bits per heavy atom. The fraction of sp³-hybridized carbons (Fsp3) is 0.222. The first-order valence-corrected chi connectivity index (χ1v) is 11.2. The summed E-state index contributed by atoms with van der Waals surface area (Å²) in [6.07, 6.45) is -0.208. The van der Waals surface area contributed by atoms with Crippen LogP contribution >= 0.6 is 0 Å². The molecule has 1 amide bonds. The first-order chi connectivity index (χ1) is 16.4. The molecule has 4 rings (SSSR count). The Morgan fingerprint density at radius 2 is 1.76 bits per heavy atom. The predicted octanol–water partition coefficient (Wildman–Crippen LogP) is 4.81. The molecule has 2 atom stereocenters. The molecule has 0 saturated carbocycles. The van der Waals surface area contributed by atoms with Crippen molar-refractivity contribution in [3.05, 3.63) is 77.9 Å². The number of aryl methyl sites for hydroxylation is 1. The van der Waals surface area contributed by atoms with Crippen LogP contribution in [-0.2, 0) is 0 Å². The monoisotopic (exact) mass is 455 g/mol. The number of rotatable bonds is 7. The smallest absolute Gasteiger partial charge is 0.252 e. The molecule has 4 aromatic rings. The lowest BCUT2D eigenvalue weighted by Crippen LogP contribution is -2.42. The average Bonchev–Trinajstić information content (AvgIpc) is 2.83. The zero-order chi connectivity index (χ0) is 24.2. The molecule has 1 heterocycles. The van der Waals surface area contributed by atoms with Gasteiger partial charge in [-0.3, -0.25) is 4.79 Å². The Hall–Kier alpha value is -4.13. The minimum atomic E-state index is -0.208. The number of anilines is 2. The molecule has 0 bridgehead atoms. The van der Waals surface area contributed by atoms with E-state index in [4.69, 9.17) is 10.5 Å². The van der Waals surface area contributed by atoms with Gasteiger partial charge in [0.1, 0.15) is 17.7 Å². The fourth-order valence-electron chi connectivity index (χ4n) is 3.95. The maximum Gasteiger partial charge on any atom is 0.252 e. The van der Waals surface area contributed by atoms with E-state index in [2.05, 4.69) is 20.6 Å². The highest BCUT2D eigenvalue weighted by Gasteiger charge is 2.21. The number of hydrogen-bond acceptors (Lipinski definition) is 6. The number of nitrogens with zero attached hydrogens (tertiary/aromatic N) is 2. The van der Waals surface area contributed by atoms with Crippen LogP contribution in [0.4, 0.5) is 11.8 Å². The van der Waals surface area contributed by atoms with Gasteiger partial charge in [-0.15, -0.1) is 0 Å². The highest BCUT2D eigenvalue weighted by Crippen LogP contribution is 2.32. The first-order valence-electron chi connectivity index (χ1n) is 11.2. The summed E-state index contributed by atoms with van der Waals surface area (Å²) >= 11 is 0. The van der Waals surface area contributed by atoms with E-state index in [1.807, 2.05) is 87.5 Å². The van der Waals surface area contributed by atoms with Crippen LogP contribution in [0.25, 0.3) is 22.0 Å². The van der Waals surface area contributed by atoms with Gasteiger partial charge in [0.25, 0.3) is 5.91 Å². The number of fused-ring (bicyclic) bond motifs is 1. The molecular weight excluding hydrogens is 426 g/mol. The summed E-state index contributed by atoms with van der Waals surface area (Å²) in [6.45, 7) is 5.88. The normalized spacial score (nSPS) is 12.7. The molecule has 2 unspecified atom stereocenters. The number of nitrogen functional groups attached to an aromatic ring is 1. The van der Waals surface area contributed by atoms with E-state index in [-0.39, 0.29) is 24.0 Å². The zero-order valence-electron chi connectivity index (χ0n) is 19.8. The number of ether oxygens (including phenoxy) is 1. The molecule has 0 aliphatic rings.